The summed E-state index contributed by atoms with van der Waals surface area (Å²) in [6.45, 7) is 3.03. The third-order valence-electron chi connectivity index (χ3n) is 5.89. The van der Waals surface area contributed by atoms with Crippen LogP contribution < -0.4 is 10.6 Å². The molecule has 2 N–H and O–H groups in total. The van der Waals surface area contributed by atoms with E-state index in [1.165, 1.54) is 0 Å². The Kier molecular flexibility index (Phi) is 7.11. The van der Waals surface area contributed by atoms with Gasteiger partial charge in [0.2, 0.25) is 15.9 Å². The van der Waals surface area contributed by atoms with E-state index in [0.29, 0.717) is 18.8 Å². The van der Waals surface area contributed by atoms with Gasteiger partial charge in [-0.15, -0.1) is 0 Å². The fourth-order valence-electron chi connectivity index (χ4n) is 4.04. The van der Waals surface area contributed by atoms with E-state index >= 15 is 0 Å². The second-order valence-corrected chi connectivity index (χ2v) is 10.2. The van der Waals surface area contributed by atoms with Gasteiger partial charge in [-0.2, -0.15) is 4.31 Å². The number of rotatable bonds is 7. The van der Waals surface area contributed by atoms with Crippen molar-refractivity contribution < 1.29 is 13.2 Å². The number of sulfonamides is 1. The van der Waals surface area contributed by atoms with Crippen LogP contribution in [0.5, 0.6) is 0 Å². The first-order chi connectivity index (χ1) is 15.9. The van der Waals surface area contributed by atoms with Crippen LogP contribution >= 0.6 is 0 Å². The molecule has 1 aliphatic heterocycles. The molecule has 3 aromatic rings. The van der Waals surface area contributed by atoms with E-state index in [9.17, 15) is 13.2 Å². The zero-order valence-corrected chi connectivity index (χ0v) is 19.6. The third kappa shape index (κ3) is 5.43. The summed E-state index contributed by atoms with van der Waals surface area (Å²) in [6, 6.07) is 22.6. The van der Waals surface area contributed by atoms with Gasteiger partial charge < -0.3 is 10.6 Å². The van der Waals surface area contributed by atoms with Gasteiger partial charge >= 0.3 is 0 Å². The fraction of sp³-hybridized carbons (Fsp3) is 0.269. The van der Waals surface area contributed by atoms with Crippen LogP contribution in [0, 0.1) is 6.92 Å². The van der Waals surface area contributed by atoms with E-state index in [0.717, 1.165) is 41.6 Å². The van der Waals surface area contributed by atoms with Gasteiger partial charge in [0.05, 0.1) is 11.4 Å². The van der Waals surface area contributed by atoms with E-state index in [1.807, 2.05) is 61.5 Å². The first kappa shape index (κ1) is 23.0. The topological polar surface area (TPSA) is 78.5 Å². The molecule has 1 heterocycles. The molecular weight excluding hydrogens is 434 g/mol. The lowest BCUT2D eigenvalue weighted by Crippen LogP contribution is -2.35. The van der Waals surface area contributed by atoms with Crippen molar-refractivity contribution in [3.8, 4) is 11.1 Å². The highest BCUT2D eigenvalue weighted by atomic mass is 32.2. The number of amides is 1. The van der Waals surface area contributed by atoms with Crippen LogP contribution in [0.3, 0.4) is 0 Å². The Morgan fingerprint density at radius 2 is 1.58 bits per heavy atom. The Labute approximate surface area is 195 Å². The summed E-state index contributed by atoms with van der Waals surface area (Å²) in [7, 11) is -3.53. The molecule has 0 spiro atoms. The summed E-state index contributed by atoms with van der Waals surface area (Å²) >= 11 is 0. The minimum absolute atomic E-state index is 0.0250. The Bertz CT molecular complexity index is 1220. The maximum atomic E-state index is 13.0. The summed E-state index contributed by atoms with van der Waals surface area (Å²) in [5.41, 5.74) is 4.21. The molecule has 6 nitrogen and oxygen atoms in total. The van der Waals surface area contributed by atoms with E-state index in [-0.39, 0.29) is 17.3 Å². The molecule has 7 heteroatoms. The monoisotopic (exact) mass is 463 g/mol. The third-order valence-corrected chi connectivity index (χ3v) is 7.78. The number of nitrogens with one attached hydrogen (secondary N) is 2. The number of carbonyl (C=O) groups is 1. The van der Waals surface area contributed by atoms with Crippen molar-refractivity contribution in [2.45, 2.75) is 31.1 Å². The summed E-state index contributed by atoms with van der Waals surface area (Å²) in [4.78, 5) is 13.0. The number of hydrogen-bond acceptors (Lipinski definition) is 4. The minimum Gasteiger partial charge on any atom is -0.376 e. The normalized spacial score (nSPS) is 14.6. The highest BCUT2D eigenvalue weighted by Crippen LogP contribution is 2.28. The lowest BCUT2D eigenvalue weighted by molar-refractivity contribution is -0.114. The highest BCUT2D eigenvalue weighted by Gasteiger charge is 2.26. The van der Waals surface area contributed by atoms with Crippen LogP contribution in [0.25, 0.3) is 11.1 Å². The van der Waals surface area contributed by atoms with Crippen LogP contribution in [-0.4, -0.2) is 38.3 Å². The van der Waals surface area contributed by atoms with E-state index < -0.39 is 10.0 Å². The van der Waals surface area contributed by atoms with E-state index in [1.54, 1.807) is 22.5 Å². The average Bonchev–Trinajstić information content (AvgIpc) is 2.85. The molecule has 0 saturated carbocycles. The second kappa shape index (κ2) is 10.2. The van der Waals surface area contributed by atoms with Gasteiger partial charge in [-0.25, -0.2) is 8.42 Å². The van der Waals surface area contributed by atoms with Crippen LogP contribution in [0.1, 0.15) is 24.8 Å². The molecule has 4 rings (SSSR count). The number of nitrogens with zero attached hydrogens (tertiary/aromatic N) is 1. The Balaban J connectivity index is 1.46. The molecule has 0 atom stereocenters. The van der Waals surface area contributed by atoms with Crippen LogP contribution in [0.2, 0.25) is 0 Å². The van der Waals surface area contributed by atoms with Crippen molar-refractivity contribution in [3.63, 3.8) is 0 Å². The molecule has 33 heavy (non-hydrogen) atoms. The van der Waals surface area contributed by atoms with Crippen LogP contribution in [-0.2, 0) is 14.8 Å². The van der Waals surface area contributed by atoms with Gasteiger partial charge in [-0.05, 0) is 49.1 Å². The SMILES string of the molecule is Cc1ccc(S(=O)(=O)N2CCCCC2)cc1NCC(=O)Nc1ccccc1-c1ccccc1. The predicted octanol–water partition coefficient (Wildman–Crippen LogP) is 4.89. The van der Waals surface area contributed by atoms with Gasteiger partial charge in [-0.3, -0.25) is 4.79 Å². The zero-order valence-electron chi connectivity index (χ0n) is 18.8. The van der Waals surface area contributed by atoms with E-state index in [2.05, 4.69) is 10.6 Å². The molecule has 1 saturated heterocycles. The maximum absolute atomic E-state index is 13.0. The number of hydrogen-bond donors (Lipinski definition) is 2. The quantitative estimate of drug-likeness (QED) is 0.523. The minimum atomic E-state index is -3.53. The smallest absolute Gasteiger partial charge is 0.243 e. The Morgan fingerprint density at radius 3 is 2.33 bits per heavy atom. The Morgan fingerprint density at radius 1 is 0.879 bits per heavy atom. The molecule has 0 unspecified atom stereocenters. The molecule has 172 valence electrons. The van der Waals surface area contributed by atoms with Crippen molar-refractivity contribution >= 4 is 27.3 Å². The number of anilines is 2. The first-order valence-electron chi connectivity index (χ1n) is 11.2. The Hall–Kier alpha value is -3.16. The molecule has 0 radical (unpaired) electrons. The number of carbonyl (C=O) groups excluding carboxylic acids is 1. The largest absolute Gasteiger partial charge is 0.376 e. The first-order valence-corrected chi connectivity index (χ1v) is 12.7. The number of aryl methyl sites for hydroxylation is 1. The molecule has 0 aromatic heterocycles. The molecule has 3 aromatic carbocycles. The van der Waals surface area contributed by atoms with Crippen LogP contribution in [0.4, 0.5) is 11.4 Å². The van der Waals surface area contributed by atoms with E-state index in [4.69, 9.17) is 0 Å². The van der Waals surface area contributed by atoms with Gasteiger partial charge in [-0.1, -0.05) is 61.0 Å². The molecule has 0 aliphatic carbocycles. The number of para-hydroxylation sites is 1. The van der Waals surface area contributed by atoms with Gasteiger partial charge in [0, 0.05) is 30.0 Å². The standard InChI is InChI=1S/C26H29N3O3S/c1-20-14-15-22(33(31,32)29-16-8-3-9-17-29)18-25(20)27-19-26(30)28-24-13-7-6-12-23(24)21-10-4-2-5-11-21/h2,4-7,10-15,18,27H,3,8-9,16-17,19H2,1H3,(H,28,30). The van der Waals surface area contributed by atoms with Crippen molar-refractivity contribution in [1.82, 2.24) is 4.31 Å². The maximum Gasteiger partial charge on any atom is 0.243 e. The molecule has 1 amide bonds. The lowest BCUT2D eigenvalue weighted by Gasteiger charge is -2.26. The fourth-order valence-corrected chi connectivity index (χ4v) is 5.58. The van der Waals surface area contributed by atoms with Crippen molar-refractivity contribution in [2.75, 3.05) is 30.3 Å². The molecule has 1 fully saturated rings. The summed E-state index contributed by atoms with van der Waals surface area (Å²) in [5, 5.41) is 6.08. The summed E-state index contributed by atoms with van der Waals surface area (Å²) in [6.07, 6.45) is 2.84. The van der Waals surface area contributed by atoms with Gasteiger partial charge in [0.15, 0.2) is 0 Å². The molecule has 1 aliphatic rings. The number of benzene rings is 3. The molecular formula is C26H29N3O3S. The van der Waals surface area contributed by atoms with Crippen LogP contribution in [0.15, 0.2) is 77.7 Å². The average molecular weight is 464 g/mol. The zero-order chi connectivity index (χ0) is 23.3. The predicted molar refractivity (Wildman–Crippen MR) is 133 cm³/mol. The van der Waals surface area contributed by atoms with Crippen molar-refractivity contribution in [2.24, 2.45) is 0 Å². The summed E-state index contributed by atoms with van der Waals surface area (Å²) < 4.78 is 27.6. The molecule has 0 bridgehead atoms. The van der Waals surface area contributed by atoms with Gasteiger partial charge in [0.1, 0.15) is 0 Å². The number of piperidine rings is 1. The van der Waals surface area contributed by atoms with Crippen molar-refractivity contribution in [3.05, 3.63) is 78.4 Å². The highest BCUT2D eigenvalue weighted by molar-refractivity contribution is 7.89. The second-order valence-electron chi connectivity index (χ2n) is 8.25. The van der Waals surface area contributed by atoms with Gasteiger partial charge in [0.25, 0.3) is 0 Å². The summed E-state index contributed by atoms with van der Waals surface area (Å²) in [5.74, 6) is -0.206. The van der Waals surface area contributed by atoms with Crippen molar-refractivity contribution in [1.29, 1.82) is 0 Å². The lowest BCUT2D eigenvalue weighted by atomic mass is 10.0.